The van der Waals surface area contributed by atoms with Crippen LogP contribution in [0.25, 0.3) is 0 Å². The van der Waals surface area contributed by atoms with E-state index in [1.54, 1.807) is 0 Å². The summed E-state index contributed by atoms with van der Waals surface area (Å²) in [5, 5.41) is 2.75. The summed E-state index contributed by atoms with van der Waals surface area (Å²) in [4.78, 5) is 0. The van der Waals surface area contributed by atoms with Gasteiger partial charge in [0, 0.05) is 0 Å². The highest BCUT2D eigenvalue weighted by Gasteiger charge is 2.25. The van der Waals surface area contributed by atoms with Crippen molar-refractivity contribution >= 4 is 10.1 Å². The first-order chi connectivity index (χ1) is 18.0. The Morgan fingerprint density at radius 2 is 0.811 bits per heavy atom. The summed E-state index contributed by atoms with van der Waals surface area (Å²) >= 11 is 0. The molecule has 0 spiro atoms. The van der Waals surface area contributed by atoms with E-state index < -0.39 is 15.6 Å². The largest absolute Gasteiger partial charge is 0.323 e. The Hall–Kier alpha value is -0.200. The highest BCUT2D eigenvalue weighted by atomic mass is 32.2. The van der Waals surface area contributed by atoms with Crippen LogP contribution in [0.3, 0.4) is 0 Å². The Kier molecular flexibility index (Phi) is 33.7. The van der Waals surface area contributed by atoms with Crippen molar-refractivity contribution in [1.29, 1.82) is 0 Å². The van der Waals surface area contributed by atoms with Crippen molar-refractivity contribution in [2.45, 2.75) is 180 Å². The van der Waals surface area contributed by atoms with E-state index in [2.05, 4.69) is 19.2 Å². The first-order valence-corrected chi connectivity index (χ1v) is 17.5. The average molecular weight is 552 g/mol. The zero-order valence-corrected chi connectivity index (χ0v) is 26.3. The smallest absolute Gasteiger partial charge is 0.299 e. The van der Waals surface area contributed by atoms with E-state index in [1.165, 1.54) is 109 Å². The molecule has 0 aliphatic heterocycles. The molecule has 1 N–H and O–H groups in total. The van der Waals surface area contributed by atoms with E-state index in [0.717, 1.165) is 32.1 Å². The van der Waals surface area contributed by atoms with Gasteiger partial charge in [0.1, 0.15) is 0 Å². The maximum absolute atomic E-state index is 14.0. The monoisotopic (exact) mass is 551 g/mol. The third kappa shape index (κ3) is 31.9. The van der Waals surface area contributed by atoms with Gasteiger partial charge < -0.3 is 5.32 Å². The van der Waals surface area contributed by atoms with Gasteiger partial charge in [-0.2, -0.15) is 8.42 Å². The van der Waals surface area contributed by atoms with E-state index in [-0.39, 0.29) is 13.0 Å². The molecule has 0 bridgehead atoms. The molecule has 0 aromatic rings. The van der Waals surface area contributed by atoms with Crippen LogP contribution in [0.2, 0.25) is 0 Å². The van der Waals surface area contributed by atoms with Crippen LogP contribution in [-0.4, -0.2) is 34.6 Å². The third-order valence-corrected chi connectivity index (χ3v) is 8.20. The van der Waals surface area contributed by atoms with Crippen LogP contribution in [0.1, 0.15) is 174 Å². The molecule has 0 saturated heterocycles. The lowest BCUT2D eigenvalue weighted by atomic mass is 10.0. The van der Waals surface area contributed by atoms with Crippen LogP contribution in [0.15, 0.2) is 0 Å². The molecular weight excluding hydrogens is 485 g/mol. The highest BCUT2D eigenvalue weighted by Crippen LogP contribution is 2.17. The Morgan fingerprint density at radius 3 is 1.14 bits per heavy atom. The normalized spacial score (nSPS) is 12.4. The van der Waals surface area contributed by atoms with Gasteiger partial charge in [-0.25, -0.2) is 4.39 Å². The van der Waals surface area contributed by atoms with Gasteiger partial charge in [0.15, 0.2) is 0 Å². The lowest BCUT2D eigenvalue weighted by Crippen LogP contribution is -2.19. The number of nitrogens with one attached hydrogen (secondary N) is 1. The van der Waals surface area contributed by atoms with Crippen LogP contribution in [0, 0.1) is 0 Å². The summed E-state index contributed by atoms with van der Waals surface area (Å²) in [6, 6.07) is 0. The highest BCUT2D eigenvalue weighted by molar-refractivity contribution is 7.87. The zero-order chi connectivity index (χ0) is 27.9. The fraction of sp³-hybridized carbons (Fsp3) is 1.00. The molecule has 0 aromatic heterocycles. The standard InChI is InChI=1S/C29H59FO3S.C2H7N/c1-3-5-7-9-11-12-13-14-15-16-17-18-19-20-22-24-26-28-33-34(31,32)29(30)27-25-23-21-10-8-6-4-2;1-3-2/h29H,3-28H2,1-2H3;3H,1-2H3. The molecule has 0 aliphatic rings. The number of alkyl halides is 1. The molecule has 0 aliphatic carbocycles. The lowest BCUT2D eigenvalue weighted by molar-refractivity contribution is 0.270. The van der Waals surface area contributed by atoms with Crippen molar-refractivity contribution in [2.75, 3.05) is 20.7 Å². The molecule has 0 saturated carbocycles. The Balaban J connectivity index is 0. The van der Waals surface area contributed by atoms with Gasteiger partial charge in [0.2, 0.25) is 5.50 Å². The van der Waals surface area contributed by atoms with Crippen molar-refractivity contribution in [3.63, 3.8) is 0 Å². The van der Waals surface area contributed by atoms with E-state index in [0.29, 0.717) is 12.8 Å². The van der Waals surface area contributed by atoms with Gasteiger partial charge in [-0.1, -0.05) is 155 Å². The fourth-order valence-electron chi connectivity index (χ4n) is 4.48. The summed E-state index contributed by atoms with van der Waals surface area (Å²) in [6.07, 6.45) is 29.3. The average Bonchev–Trinajstić information content (AvgIpc) is 2.87. The number of hydrogen-bond donors (Lipinski definition) is 1. The molecule has 0 aromatic carbocycles. The molecule has 0 amide bonds. The first-order valence-electron chi connectivity index (χ1n) is 16.1. The predicted octanol–water partition coefficient (Wildman–Crippen LogP) is 10.3. The molecule has 226 valence electrons. The summed E-state index contributed by atoms with van der Waals surface area (Å²) in [7, 11) is -0.300. The SMILES string of the molecule is CCCCCCCCCCCCCCCCCCCOS(=O)(=O)C(F)CCCCCCCCC.CNC. The third-order valence-electron chi connectivity index (χ3n) is 6.84. The zero-order valence-electron chi connectivity index (χ0n) is 25.5. The van der Waals surface area contributed by atoms with Gasteiger partial charge in [-0.15, -0.1) is 0 Å². The van der Waals surface area contributed by atoms with Gasteiger partial charge in [0.25, 0.3) is 10.1 Å². The van der Waals surface area contributed by atoms with Crippen molar-refractivity contribution in [1.82, 2.24) is 5.32 Å². The maximum atomic E-state index is 14.0. The van der Waals surface area contributed by atoms with Crippen LogP contribution in [-0.2, 0) is 14.3 Å². The molecule has 37 heavy (non-hydrogen) atoms. The molecule has 1 unspecified atom stereocenters. The minimum absolute atomic E-state index is 0.0646. The summed E-state index contributed by atoms with van der Waals surface area (Å²) < 4.78 is 42.8. The van der Waals surface area contributed by atoms with E-state index in [9.17, 15) is 12.8 Å². The first kappa shape index (κ1) is 38.9. The quantitative estimate of drug-likeness (QED) is 0.0776. The Labute approximate surface area is 232 Å². The Morgan fingerprint density at radius 1 is 0.541 bits per heavy atom. The van der Waals surface area contributed by atoms with E-state index in [4.69, 9.17) is 4.18 Å². The fourth-order valence-corrected chi connectivity index (χ4v) is 5.44. The van der Waals surface area contributed by atoms with Crippen molar-refractivity contribution in [3.05, 3.63) is 0 Å². The van der Waals surface area contributed by atoms with E-state index >= 15 is 0 Å². The van der Waals surface area contributed by atoms with Crippen LogP contribution >= 0.6 is 0 Å². The molecule has 0 fully saturated rings. The summed E-state index contributed by atoms with van der Waals surface area (Å²) in [5.74, 6) is 0. The molecule has 6 heteroatoms. The van der Waals surface area contributed by atoms with Crippen molar-refractivity contribution in [3.8, 4) is 0 Å². The van der Waals surface area contributed by atoms with Crippen LogP contribution in [0.4, 0.5) is 4.39 Å². The number of hydrogen-bond acceptors (Lipinski definition) is 4. The second-order valence-electron chi connectivity index (χ2n) is 10.8. The van der Waals surface area contributed by atoms with Gasteiger partial charge in [0.05, 0.1) is 6.61 Å². The molecule has 0 rings (SSSR count). The van der Waals surface area contributed by atoms with Gasteiger partial charge in [-0.3, -0.25) is 4.18 Å². The predicted molar refractivity (Wildman–Crippen MR) is 162 cm³/mol. The molecule has 4 nitrogen and oxygen atoms in total. The van der Waals surface area contributed by atoms with Crippen LogP contribution < -0.4 is 5.32 Å². The van der Waals surface area contributed by atoms with Crippen molar-refractivity contribution in [2.24, 2.45) is 0 Å². The Bertz CT molecular complexity index is 517. The van der Waals surface area contributed by atoms with Gasteiger partial charge >= 0.3 is 0 Å². The molecule has 0 heterocycles. The summed E-state index contributed by atoms with van der Waals surface area (Å²) in [5.41, 5.74) is -1.87. The van der Waals surface area contributed by atoms with Gasteiger partial charge in [-0.05, 0) is 33.4 Å². The lowest BCUT2D eigenvalue weighted by Gasteiger charge is -2.10. The summed E-state index contributed by atoms with van der Waals surface area (Å²) in [6.45, 7) is 4.57. The van der Waals surface area contributed by atoms with E-state index in [1.807, 2.05) is 14.1 Å². The number of halogens is 1. The minimum atomic E-state index is -4.05. The second-order valence-corrected chi connectivity index (χ2v) is 12.5. The minimum Gasteiger partial charge on any atom is -0.323 e. The van der Waals surface area contributed by atoms with Crippen molar-refractivity contribution < 1.29 is 17.0 Å². The number of rotatable bonds is 28. The second kappa shape index (κ2) is 32.0. The number of unbranched alkanes of at least 4 members (excludes halogenated alkanes) is 22. The topological polar surface area (TPSA) is 55.4 Å². The molecule has 1 atom stereocenters. The molecular formula is C31H66FNO3S. The molecule has 0 radical (unpaired) electrons. The van der Waals surface area contributed by atoms with Crippen LogP contribution in [0.5, 0.6) is 0 Å². The maximum Gasteiger partial charge on any atom is 0.299 e.